The van der Waals surface area contributed by atoms with Crippen LogP contribution in [0.25, 0.3) is 11.4 Å². The number of alkyl halides is 3. The van der Waals surface area contributed by atoms with Gasteiger partial charge in [0.1, 0.15) is 5.60 Å². The van der Waals surface area contributed by atoms with E-state index in [0.29, 0.717) is 30.0 Å². The van der Waals surface area contributed by atoms with Crippen LogP contribution in [-0.2, 0) is 31.4 Å². The maximum Gasteiger partial charge on any atom is 0.435 e. The van der Waals surface area contributed by atoms with Crippen molar-refractivity contribution in [2.75, 3.05) is 6.54 Å². The van der Waals surface area contributed by atoms with Crippen LogP contribution in [-0.4, -0.2) is 42.7 Å². The van der Waals surface area contributed by atoms with Gasteiger partial charge in [0.05, 0.1) is 23.1 Å². The molecule has 0 aromatic carbocycles. The van der Waals surface area contributed by atoms with E-state index >= 15 is 0 Å². The minimum Gasteiger partial charge on any atom is -0.444 e. The zero-order chi connectivity index (χ0) is 21.0. The van der Waals surface area contributed by atoms with Crippen molar-refractivity contribution in [1.82, 2.24) is 24.5 Å². The highest BCUT2D eigenvalue weighted by Gasteiger charge is 2.38. The fourth-order valence-corrected chi connectivity index (χ4v) is 3.46. The highest BCUT2D eigenvalue weighted by Crippen LogP contribution is 2.38. The molecule has 1 atom stereocenters. The van der Waals surface area contributed by atoms with Gasteiger partial charge in [0.15, 0.2) is 5.69 Å². The molecule has 28 heavy (non-hydrogen) atoms. The Morgan fingerprint density at radius 1 is 1.18 bits per heavy atom. The first kappa shape index (κ1) is 20.2. The Labute approximate surface area is 161 Å². The van der Waals surface area contributed by atoms with Gasteiger partial charge in [0, 0.05) is 26.2 Å². The lowest BCUT2D eigenvalue weighted by atomic mass is 9.97. The zero-order valence-corrected chi connectivity index (χ0v) is 16.8. The fourth-order valence-electron chi connectivity index (χ4n) is 3.46. The third kappa shape index (κ3) is 3.59. The number of aryl methyl sites for hydroxylation is 2. The number of aromatic nitrogens is 4. The highest BCUT2D eigenvalue weighted by atomic mass is 19.4. The number of ether oxygens (including phenoxy) is 1. The standard InChI is InChI=1S/C18H24F3N5O2/c1-10-14-11(7-8-26(10)16(27)28-17(2,3)4)15(25(6)23-14)12-9-13(18(19,20)21)22-24(12)5/h9-10H,7-8H2,1-6H3/t10-/m0/s1. The Kier molecular flexibility index (Phi) is 4.71. The molecule has 7 nitrogen and oxygen atoms in total. The Balaban J connectivity index is 1.98. The molecule has 0 radical (unpaired) electrons. The molecule has 1 aliphatic heterocycles. The number of amides is 1. The Morgan fingerprint density at radius 2 is 1.82 bits per heavy atom. The Morgan fingerprint density at radius 3 is 2.36 bits per heavy atom. The van der Waals surface area contributed by atoms with Gasteiger partial charge in [0.2, 0.25) is 0 Å². The van der Waals surface area contributed by atoms with Crippen LogP contribution < -0.4 is 0 Å². The van der Waals surface area contributed by atoms with Gasteiger partial charge in [-0.05, 0) is 40.2 Å². The molecule has 10 heteroatoms. The molecular weight excluding hydrogens is 375 g/mol. The lowest BCUT2D eigenvalue weighted by Gasteiger charge is -2.34. The van der Waals surface area contributed by atoms with Gasteiger partial charge in [-0.3, -0.25) is 14.3 Å². The van der Waals surface area contributed by atoms with E-state index in [0.717, 1.165) is 11.6 Å². The maximum atomic E-state index is 13.0. The third-order valence-electron chi connectivity index (χ3n) is 4.68. The second-order valence-electron chi connectivity index (χ2n) is 7.97. The van der Waals surface area contributed by atoms with Crippen molar-refractivity contribution >= 4 is 6.09 Å². The van der Waals surface area contributed by atoms with E-state index < -0.39 is 23.6 Å². The van der Waals surface area contributed by atoms with Crippen LogP contribution in [0.4, 0.5) is 18.0 Å². The van der Waals surface area contributed by atoms with Crippen molar-refractivity contribution in [2.24, 2.45) is 14.1 Å². The maximum absolute atomic E-state index is 13.0. The first-order valence-corrected chi connectivity index (χ1v) is 8.96. The van der Waals surface area contributed by atoms with Gasteiger partial charge >= 0.3 is 12.3 Å². The number of nitrogens with zero attached hydrogens (tertiary/aromatic N) is 5. The molecule has 3 rings (SSSR count). The van der Waals surface area contributed by atoms with Crippen molar-refractivity contribution in [3.8, 4) is 11.4 Å². The summed E-state index contributed by atoms with van der Waals surface area (Å²) >= 11 is 0. The molecule has 0 saturated heterocycles. The average Bonchev–Trinajstić information content (AvgIpc) is 3.05. The normalized spacial score (nSPS) is 17.6. The van der Waals surface area contributed by atoms with Crippen molar-refractivity contribution in [2.45, 2.75) is 51.9 Å². The molecule has 1 aliphatic rings. The Bertz CT molecular complexity index is 908. The summed E-state index contributed by atoms with van der Waals surface area (Å²) in [5.41, 5.74) is 0.836. The quantitative estimate of drug-likeness (QED) is 0.734. The number of carbonyl (C=O) groups is 1. The van der Waals surface area contributed by atoms with Crippen LogP contribution in [0.1, 0.15) is 50.7 Å². The van der Waals surface area contributed by atoms with Gasteiger partial charge in [-0.2, -0.15) is 23.4 Å². The topological polar surface area (TPSA) is 65.2 Å². The summed E-state index contributed by atoms with van der Waals surface area (Å²) in [5.74, 6) is 0. The second-order valence-corrected chi connectivity index (χ2v) is 7.97. The predicted octanol–water partition coefficient (Wildman–Crippen LogP) is 3.69. The van der Waals surface area contributed by atoms with E-state index in [1.165, 1.54) is 11.7 Å². The van der Waals surface area contributed by atoms with E-state index in [4.69, 9.17) is 4.74 Å². The number of hydrogen-bond acceptors (Lipinski definition) is 4. The highest BCUT2D eigenvalue weighted by molar-refractivity contribution is 5.70. The number of rotatable bonds is 1. The summed E-state index contributed by atoms with van der Waals surface area (Å²) in [7, 11) is 3.15. The van der Waals surface area contributed by atoms with E-state index in [1.807, 2.05) is 6.92 Å². The van der Waals surface area contributed by atoms with Gasteiger partial charge < -0.3 is 4.74 Å². The van der Waals surface area contributed by atoms with Crippen molar-refractivity contribution in [3.05, 3.63) is 23.0 Å². The van der Waals surface area contributed by atoms with E-state index in [2.05, 4.69) is 10.2 Å². The summed E-state index contributed by atoms with van der Waals surface area (Å²) in [6.07, 6.45) is -4.48. The van der Waals surface area contributed by atoms with Crippen LogP contribution in [0.5, 0.6) is 0 Å². The van der Waals surface area contributed by atoms with Crippen molar-refractivity contribution in [3.63, 3.8) is 0 Å². The van der Waals surface area contributed by atoms with Crippen LogP contribution >= 0.6 is 0 Å². The summed E-state index contributed by atoms with van der Waals surface area (Å²) in [6, 6.07) is 0.677. The minimum atomic E-state index is -4.52. The number of halogens is 3. The minimum absolute atomic E-state index is 0.335. The first-order valence-electron chi connectivity index (χ1n) is 8.96. The molecule has 0 N–H and O–H groups in total. The molecule has 0 bridgehead atoms. The largest absolute Gasteiger partial charge is 0.444 e. The number of fused-ring (bicyclic) bond motifs is 1. The van der Waals surface area contributed by atoms with E-state index in [-0.39, 0.29) is 6.04 Å². The first-order chi connectivity index (χ1) is 12.8. The molecule has 0 unspecified atom stereocenters. The van der Waals surface area contributed by atoms with Gasteiger partial charge in [0.25, 0.3) is 0 Å². The molecule has 0 fully saturated rings. The molecule has 1 amide bonds. The van der Waals surface area contributed by atoms with Crippen LogP contribution in [0.15, 0.2) is 6.07 Å². The lowest BCUT2D eigenvalue weighted by molar-refractivity contribution is -0.141. The molecule has 0 aliphatic carbocycles. The van der Waals surface area contributed by atoms with Crippen molar-refractivity contribution in [1.29, 1.82) is 0 Å². The Hall–Kier alpha value is -2.52. The SMILES string of the molecule is C[C@H]1c2nn(C)c(-c3cc(C(F)(F)F)nn3C)c2CCN1C(=O)OC(C)(C)C. The molecule has 0 spiro atoms. The van der Waals surface area contributed by atoms with Crippen LogP contribution in [0.2, 0.25) is 0 Å². The fraction of sp³-hybridized carbons (Fsp3) is 0.611. The molecule has 154 valence electrons. The summed E-state index contributed by atoms with van der Waals surface area (Å²) in [5, 5.41) is 8.09. The zero-order valence-electron chi connectivity index (χ0n) is 16.8. The second kappa shape index (κ2) is 6.52. The van der Waals surface area contributed by atoms with Crippen molar-refractivity contribution < 1.29 is 22.7 Å². The molecule has 2 aromatic rings. The van der Waals surface area contributed by atoms with E-state index in [9.17, 15) is 18.0 Å². The third-order valence-corrected chi connectivity index (χ3v) is 4.68. The average molecular weight is 399 g/mol. The van der Waals surface area contributed by atoms with Crippen LogP contribution in [0, 0.1) is 0 Å². The summed E-state index contributed by atoms with van der Waals surface area (Å²) in [6.45, 7) is 7.62. The van der Waals surface area contributed by atoms with Gasteiger partial charge in [-0.15, -0.1) is 0 Å². The number of hydrogen-bond donors (Lipinski definition) is 0. The number of carbonyl (C=O) groups excluding carboxylic acids is 1. The lowest BCUT2D eigenvalue weighted by Crippen LogP contribution is -2.42. The molecular formula is C18H24F3N5O2. The summed E-state index contributed by atoms with van der Waals surface area (Å²) in [4.78, 5) is 14.1. The summed E-state index contributed by atoms with van der Waals surface area (Å²) < 4.78 is 47.4. The van der Waals surface area contributed by atoms with Gasteiger partial charge in [-0.1, -0.05) is 0 Å². The van der Waals surface area contributed by atoms with Crippen LogP contribution in [0.3, 0.4) is 0 Å². The predicted molar refractivity (Wildman–Crippen MR) is 95.5 cm³/mol. The smallest absolute Gasteiger partial charge is 0.435 e. The molecule has 3 heterocycles. The monoisotopic (exact) mass is 399 g/mol. The molecule has 2 aromatic heterocycles. The van der Waals surface area contributed by atoms with E-state index in [1.54, 1.807) is 37.4 Å². The molecule has 0 saturated carbocycles. The van der Waals surface area contributed by atoms with Gasteiger partial charge in [-0.25, -0.2) is 4.79 Å².